The van der Waals surface area contributed by atoms with Gasteiger partial charge in [0.2, 0.25) is 0 Å². The summed E-state index contributed by atoms with van der Waals surface area (Å²) in [5.41, 5.74) is 0.454. The number of ether oxygens (including phenoxy) is 2. The van der Waals surface area contributed by atoms with Gasteiger partial charge >= 0.3 is 17.9 Å². The lowest BCUT2D eigenvalue weighted by Gasteiger charge is -2.21. The predicted molar refractivity (Wildman–Crippen MR) is 145 cm³/mol. The summed E-state index contributed by atoms with van der Waals surface area (Å²) in [4.78, 5) is 35.9. The van der Waals surface area contributed by atoms with E-state index >= 15 is 0 Å². The maximum atomic E-state index is 12.3. The van der Waals surface area contributed by atoms with E-state index < -0.39 is 29.4 Å². The zero-order valence-electron chi connectivity index (χ0n) is 24.5. The first kappa shape index (κ1) is 33.9. The quantitative estimate of drug-likeness (QED) is 0.133. The smallest absolute Gasteiger partial charge is 0.331 e. The lowest BCUT2D eigenvalue weighted by molar-refractivity contribution is -0.158. The Hall–Kier alpha value is -2.11. The molecule has 0 aliphatic rings. The molecule has 0 aliphatic heterocycles. The molecule has 6 heteroatoms. The Bertz CT molecular complexity index is 758. The van der Waals surface area contributed by atoms with E-state index in [0.29, 0.717) is 17.8 Å². The van der Waals surface area contributed by atoms with Gasteiger partial charge in [-0.2, -0.15) is 0 Å². The Morgan fingerprint density at radius 1 is 0.917 bits per heavy atom. The molecule has 0 bridgehead atoms. The van der Waals surface area contributed by atoms with Gasteiger partial charge in [0.25, 0.3) is 0 Å². The van der Waals surface area contributed by atoms with Gasteiger partial charge in [-0.05, 0) is 83.1 Å². The summed E-state index contributed by atoms with van der Waals surface area (Å²) in [7, 11) is 0. The molecule has 0 fully saturated rings. The largest absolute Gasteiger partial charge is 0.478 e. The number of hydrogen-bond acceptors (Lipinski definition) is 5. The summed E-state index contributed by atoms with van der Waals surface area (Å²) < 4.78 is 10.4. The summed E-state index contributed by atoms with van der Waals surface area (Å²) in [6.45, 7) is 20.1. The summed E-state index contributed by atoms with van der Waals surface area (Å²) in [6.07, 6.45) is 8.52. The minimum Gasteiger partial charge on any atom is -0.478 e. The zero-order valence-corrected chi connectivity index (χ0v) is 24.5. The Kier molecular flexibility index (Phi) is 15.6. The highest BCUT2D eigenvalue weighted by molar-refractivity contribution is 5.88. The van der Waals surface area contributed by atoms with Crippen LogP contribution in [0.15, 0.2) is 23.3 Å². The fourth-order valence-corrected chi connectivity index (χ4v) is 4.60. The fraction of sp³-hybridized carbons (Fsp3) is 0.767. The number of carbonyl (C=O) groups excluding carboxylic acids is 2. The van der Waals surface area contributed by atoms with Crippen LogP contribution in [0, 0.1) is 29.6 Å². The van der Waals surface area contributed by atoms with E-state index in [1.54, 1.807) is 33.8 Å². The van der Waals surface area contributed by atoms with E-state index in [4.69, 9.17) is 9.47 Å². The monoisotopic (exact) mass is 508 g/mol. The molecule has 0 aliphatic carbocycles. The summed E-state index contributed by atoms with van der Waals surface area (Å²) >= 11 is 0. The van der Waals surface area contributed by atoms with Gasteiger partial charge in [0.05, 0.1) is 12.3 Å². The molecule has 0 spiro atoms. The van der Waals surface area contributed by atoms with Crippen LogP contribution in [0.5, 0.6) is 0 Å². The molecular formula is C30H52O6. The first-order chi connectivity index (χ1) is 16.5. The maximum Gasteiger partial charge on any atom is 0.331 e. The summed E-state index contributed by atoms with van der Waals surface area (Å²) in [6, 6.07) is 0. The van der Waals surface area contributed by atoms with Crippen LogP contribution in [0.3, 0.4) is 0 Å². The highest BCUT2D eigenvalue weighted by Crippen LogP contribution is 2.26. The van der Waals surface area contributed by atoms with E-state index in [2.05, 4.69) is 40.7 Å². The van der Waals surface area contributed by atoms with Crippen molar-refractivity contribution >= 4 is 17.9 Å². The van der Waals surface area contributed by atoms with E-state index in [1.165, 1.54) is 19.3 Å². The van der Waals surface area contributed by atoms with Crippen LogP contribution in [0.2, 0.25) is 0 Å². The van der Waals surface area contributed by atoms with E-state index in [1.807, 2.05) is 6.92 Å². The van der Waals surface area contributed by atoms with Gasteiger partial charge in [-0.1, -0.05) is 59.6 Å². The van der Waals surface area contributed by atoms with Crippen LogP contribution < -0.4 is 0 Å². The zero-order chi connectivity index (χ0) is 28.1. The van der Waals surface area contributed by atoms with Crippen molar-refractivity contribution in [3.63, 3.8) is 0 Å². The Morgan fingerprint density at radius 2 is 1.47 bits per heavy atom. The topological polar surface area (TPSA) is 89.9 Å². The van der Waals surface area contributed by atoms with Crippen LogP contribution in [-0.4, -0.2) is 35.2 Å². The SMILES string of the molecule is CCC(C)CC(C)CC(C)CC(C)/C=C(C)/C=C(/CC(C)C(=O)OCCC(=O)OC(C)(C)C)C(=O)O. The maximum absolute atomic E-state index is 12.3. The van der Waals surface area contributed by atoms with Crippen molar-refractivity contribution in [2.45, 2.75) is 113 Å². The molecule has 5 unspecified atom stereocenters. The van der Waals surface area contributed by atoms with E-state index in [-0.39, 0.29) is 25.0 Å². The first-order valence-corrected chi connectivity index (χ1v) is 13.5. The molecule has 0 aromatic carbocycles. The van der Waals surface area contributed by atoms with Gasteiger partial charge in [0, 0.05) is 5.57 Å². The Labute approximate surface area is 219 Å². The third-order valence-corrected chi connectivity index (χ3v) is 6.20. The molecule has 0 saturated heterocycles. The second-order valence-electron chi connectivity index (χ2n) is 11.9. The lowest BCUT2D eigenvalue weighted by atomic mass is 9.84. The molecule has 0 aromatic rings. The minimum atomic E-state index is -1.05. The number of carboxylic acids is 1. The highest BCUT2D eigenvalue weighted by atomic mass is 16.6. The van der Waals surface area contributed by atoms with E-state index in [0.717, 1.165) is 17.9 Å². The van der Waals surface area contributed by atoms with Gasteiger partial charge < -0.3 is 14.6 Å². The van der Waals surface area contributed by atoms with Crippen LogP contribution in [-0.2, 0) is 23.9 Å². The molecule has 0 aromatic heterocycles. The number of allylic oxidation sites excluding steroid dienone is 3. The molecular weight excluding hydrogens is 456 g/mol. The van der Waals surface area contributed by atoms with Crippen LogP contribution >= 0.6 is 0 Å². The standard InChI is InChI=1S/C30H52O6/c1-11-20(2)14-21(3)15-22(4)16-23(5)17-24(6)18-26(28(32)33)19-25(7)29(34)35-13-12-27(31)36-30(8,9)10/h17-18,20-23,25H,11-16,19H2,1-10H3,(H,32,33)/b24-17+,26-18-. The van der Waals surface area contributed by atoms with Crippen molar-refractivity contribution in [3.8, 4) is 0 Å². The van der Waals surface area contributed by atoms with Crippen molar-refractivity contribution in [2.75, 3.05) is 6.61 Å². The van der Waals surface area contributed by atoms with Gasteiger partial charge in [-0.25, -0.2) is 4.79 Å². The number of aliphatic carboxylic acids is 1. The summed E-state index contributed by atoms with van der Waals surface area (Å²) in [5, 5.41) is 9.67. The number of carbonyl (C=O) groups is 3. The first-order valence-electron chi connectivity index (χ1n) is 13.5. The third kappa shape index (κ3) is 16.5. The Morgan fingerprint density at radius 3 is 2.00 bits per heavy atom. The average molecular weight is 509 g/mol. The van der Waals surface area contributed by atoms with Crippen molar-refractivity contribution in [2.24, 2.45) is 29.6 Å². The van der Waals surface area contributed by atoms with Gasteiger partial charge in [0.1, 0.15) is 12.2 Å². The van der Waals surface area contributed by atoms with Crippen molar-refractivity contribution in [1.82, 2.24) is 0 Å². The molecule has 0 radical (unpaired) electrons. The molecule has 0 heterocycles. The van der Waals surface area contributed by atoms with Crippen molar-refractivity contribution in [3.05, 3.63) is 23.3 Å². The van der Waals surface area contributed by atoms with Crippen molar-refractivity contribution < 1.29 is 29.0 Å². The molecule has 1 N–H and O–H groups in total. The van der Waals surface area contributed by atoms with Gasteiger partial charge in [0.15, 0.2) is 0 Å². The number of esters is 2. The molecule has 6 nitrogen and oxygen atoms in total. The number of hydrogen-bond donors (Lipinski definition) is 1. The Balaban J connectivity index is 4.87. The second-order valence-corrected chi connectivity index (χ2v) is 11.9. The molecule has 0 saturated carbocycles. The number of rotatable bonds is 16. The van der Waals surface area contributed by atoms with Gasteiger partial charge in [-0.3, -0.25) is 9.59 Å². The predicted octanol–water partition coefficient (Wildman–Crippen LogP) is 7.37. The normalized spacial score (nSPS) is 17.1. The average Bonchev–Trinajstić information content (AvgIpc) is 2.70. The minimum absolute atomic E-state index is 0.0358. The van der Waals surface area contributed by atoms with E-state index in [9.17, 15) is 19.5 Å². The van der Waals surface area contributed by atoms with Crippen LogP contribution in [0.4, 0.5) is 0 Å². The third-order valence-electron chi connectivity index (χ3n) is 6.20. The lowest BCUT2D eigenvalue weighted by Crippen LogP contribution is -2.25. The second kappa shape index (κ2) is 16.6. The highest BCUT2D eigenvalue weighted by Gasteiger charge is 2.21. The molecule has 0 rings (SSSR count). The van der Waals surface area contributed by atoms with Crippen molar-refractivity contribution in [1.29, 1.82) is 0 Å². The van der Waals surface area contributed by atoms with Crippen LogP contribution in [0.1, 0.15) is 108 Å². The summed E-state index contributed by atoms with van der Waals surface area (Å²) in [5.74, 6) is -0.255. The molecule has 36 heavy (non-hydrogen) atoms. The molecule has 0 amide bonds. The number of carboxylic acid groups (broad SMARTS) is 1. The molecule has 208 valence electrons. The van der Waals surface area contributed by atoms with Crippen LogP contribution in [0.25, 0.3) is 0 Å². The fourth-order valence-electron chi connectivity index (χ4n) is 4.60. The molecule has 5 atom stereocenters. The van der Waals surface area contributed by atoms with Gasteiger partial charge in [-0.15, -0.1) is 0 Å².